The molecule has 0 aliphatic rings. The molecule has 0 spiro atoms. The van der Waals surface area contributed by atoms with Crippen LogP contribution in [0.15, 0.2) is 53.1 Å². The number of carbonyl (C=O) groups is 2. The molecule has 0 fully saturated rings. The van der Waals surface area contributed by atoms with Gasteiger partial charge in [-0.1, -0.05) is 11.6 Å². The van der Waals surface area contributed by atoms with Gasteiger partial charge in [-0.3, -0.25) is 9.89 Å². The van der Waals surface area contributed by atoms with Gasteiger partial charge in [0.25, 0.3) is 5.91 Å². The highest BCUT2D eigenvalue weighted by atomic mass is 35.5. The highest BCUT2D eigenvalue weighted by Crippen LogP contribution is 2.18. The Morgan fingerprint density at radius 1 is 1.25 bits per heavy atom. The third-order valence-electron chi connectivity index (χ3n) is 3.03. The Kier molecular flexibility index (Phi) is 4.62. The van der Waals surface area contributed by atoms with Gasteiger partial charge in [0, 0.05) is 16.8 Å². The number of nitrogens with one attached hydrogen (secondary N) is 2. The average molecular weight is 346 g/mol. The van der Waals surface area contributed by atoms with Crippen LogP contribution >= 0.6 is 11.6 Å². The number of nitrogens with zero attached hydrogens (tertiary/aromatic N) is 1. The molecule has 2 N–H and O–H groups in total. The number of halogens is 1. The topological polar surface area (TPSA) is 97.2 Å². The van der Waals surface area contributed by atoms with Crippen LogP contribution in [-0.2, 0) is 9.53 Å². The minimum Gasteiger partial charge on any atom is -0.463 e. The molecule has 1 amide bonds. The second-order valence-electron chi connectivity index (χ2n) is 4.78. The van der Waals surface area contributed by atoms with Gasteiger partial charge in [-0.05, 0) is 36.4 Å². The summed E-state index contributed by atoms with van der Waals surface area (Å²) in [5, 5.41) is 9.64. The first-order chi connectivity index (χ1) is 11.6. The van der Waals surface area contributed by atoms with Gasteiger partial charge in [-0.25, -0.2) is 4.79 Å². The number of aromatic amines is 1. The van der Waals surface area contributed by atoms with E-state index in [1.807, 2.05) is 0 Å². The number of aromatic nitrogens is 2. The molecular weight excluding hydrogens is 334 g/mol. The summed E-state index contributed by atoms with van der Waals surface area (Å²) in [5.74, 6) is -0.631. The van der Waals surface area contributed by atoms with Gasteiger partial charge in [-0.2, -0.15) is 5.10 Å². The third kappa shape index (κ3) is 3.82. The molecule has 3 aromatic rings. The number of benzene rings is 1. The number of H-pyrrole nitrogens is 1. The molecule has 0 aliphatic heterocycles. The van der Waals surface area contributed by atoms with Gasteiger partial charge in [-0.15, -0.1) is 0 Å². The molecule has 24 heavy (non-hydrogen) atoms. The van der Waals surface area contributed by atoms with Gasteiger partial charge >= 0.3 is 5.97 Å². The molecule has 1 aromatic carbocycles. The van der Waals surface area contributed by atoms with Crippen molar-refractivity contribution in [3.63, 3.8) is 0 Å². The Morgan fingerprint density at radius 2 is 2.04 bits per heavy atom. The Balaban J connectivity index is 1.53. The standard InChI is InChI=1S/C16H12ClN3O4/c17-10-3-5-11(6-4-10)18-15(21)9-24-16(22)13-8-12(19-20-13)14-2-1-7-23-14/h1-8H,9H2,(H,18,21)(H,19,20). The van der Waals surface area contributed by atoms with Gasteiger partial charge in [0.1, 0.15) is 11.4 Å². The fraction of sp³-hybridized carbons (Fsp3) is 0.0625. The van der Waals surface area contributed by atoms with Crippen molar-refractivity contribution in [1.29, 1.82) is 0 Å². The quantitative estimate of drug-likeness (QED) is 0.692. The van der Waals surface area contributed by atoms with Crippen LogP contribution in [0.5, 0.6) is 0 Å². The molecule has 0 atom stereocenters. The molecular formula is C16H12ClN3O4. The van der Waals surface area contributed by atoms with Crippen LogP contribution in [0.1, 0.15) is 10.5 Å². The van der Waals surface area contributed by atoms with Crippen molar-refractivity contribution in [1.82, 2.24) is 10.2 Å². The van der Waals surface area contributed by atoms with Gasteiger partial charge < -0.3 is 14.5 Å². The lowest BCUT2D eigenvalue weighted by molar-refractivity contribution is -0.119. The van der Waals surface area contributed by atoms with Crippen LogP contribution in [0.3, 0.4) is 0 Å². The number of amides is 1. The summed E-state index contributed by atoms with van der Waals surface area (Å²) in [6.45, 7) is -0.420. The Labute approximate surface area is 141 Å². The van der Waals surface area contributed by atoms with Crippen molar-refractivity contribution in [3.8, 4) is 11.5 Å². The van der Waals surface area contributed by atoms with E-state index >= 15 is 0 Å². The SMILES string of the molecule is O=C(COC(=O)c1cc(-c2ccco2)n[nH]1)Nc1ccc(Cl)cc1. The molecule has 2 aromatic heterocycles. The zero-order valence-electron chi connectivity index (χ0n) is 12.3. The van der Waals surface area contributed by atoms with E-state index in [1.165, 1.54) is 12.3 Å². The first-order valence-corrected chi connectivity index (χ1v) is 7.31. The van der Waals surface area contributed by atoms with Crippen LogP contribution in [-0.4, -0.2) is 28.7 Å². The maximum atomic E-state index is 11.9. The second-order valence-corrected chi connectivity index (χ2v) is 5.21. The van der Waals surface area contributed by atoms with E-state index in [0.717, 1.165) is 0 Å². The summed E-state index contributed by atoms with van der Waals surface area (Å²) in [4.78, 5) is 23.7. The van der Waals surface area contributed by atoms with E-state index in [-0.39, 0.29) is 5.69 Å². The van der Waals surface area contributed by atoms with Crippen LogP contribution < -0.4 is 5.32 Å². The first kappa shape index (κ1) is 15.8. The lowest BCUT2D eigenvalue weighted by Gasteiger charge is -2.05. The highest BCUT2D eigenvalue weighted by molar-refractivity contribution is 6.30. The van der Waals surface area contributed by atoms with Crippen LogP contribution in [0.4, 0.5) is 5.69 Å². The molecule has 122 valence electrons. The first-order valence-electron chi connectivity index (χ1n) is 6.93. The number of esters is 1. The summed E-state index contributed by atoms with van der Waals surface area (Å²) in [5.41, 5.74) is 1.15. The fourth-order valence-electron chi connectivity index (χ4n) is 1.92. The largest absolute Gasteiger partial charge is 0.463 e. The van der Waals surface area contributed by atoms with Gasteiger partial charge in [0.2, 0.25) is 0 Å². The monoisotopic (exact) mass is 345 g/mol. The molecule has 0 unspecified atom stereocenters. The summed E-state index contributed by atoms with van der Waals surface area (Å²) >= 11 is 5.76. The molecule has 2 heterocycles. The lowest BCUT2D eigenvalue weighted by Crippen LogP contribution is -2.21. The van der Waals surface area contributed by atoms with Crippen molar-refractivity contribution in [2.45, 2.75) is 0 Å². The highest BCUT2D eigenvalue weighted by Gasteiger charge is 2.15. The van der Waals surface area contributed by atoms with E-state index in [1.54, 1.807) is 36.4 Å². The molecule has 0 saturated heterocycles. The average Bonchev–Trinajstić information content (AvgIpc) is 3.25. The summed E-state index contributed by atoms with van der Waals surface area (Å²) in [6.07, 6.45) is 1.50. The normalized spacial score (nSPS) is 10.4. The number of hydrogen-bond acceptors (Lipinski definition) is 5. The number of rotatable bonds is 5. The Hall–Kier alpha value is -3.06. The molecule has 0 saturated carbocycles. The number of hydrogen-bond donors (Lipinski definition) is 2. The maximum Gasteiger partial charge on any atom is 0.356 e. The third-order valence-corrected chi connectivity index (χ3v) is 3.29. The van der Waals surface area contributed by atoms with Crippen molar-refractivity contribution >= 4 is 29.2 Å². The smallest absolute Gasteiger partial charge is 0.356 e. The molecule has 0 radical (unpaired) electrons. The Morgan fingerprint density at radius 3 is 2.75 bits per heavy atom. The molecule has 3 rings (SSSR count). The van der Waals surface area contributed by atoms with Crippen molar-refractivity contribution in [3.05, 3.63) is 59.4 Å². The van der Waals surface area contributed by atoms with E-state index in [9.17, 15) is 9.59 Å². The number of furan rings is 1. The summed E-state index contributed by atoms with van der Waals surface area (Å²) in [7, 11) is 0. The minimum absolute atomic E-state index is 0.126. The zero-order valence-corrected chi connectivity index (χ0v) is 13.0. The number of anilines is 1. The maximum absolute atomic E-state index is 11.9. The molecule has 8 heteroatoms. The fourth-order valence-corrected chi connectivity index (χ4v) is 2.04. The van der Waals surface area contributed by atoms with Crippen LogP contribution in [0.2, 0.25) is 5.02 Å². The molecule has 0 aliphatic carbocycles. The van der Waals surface area contributed by atoms with Gasteiger partial charge in [0.15, 0.2) is 12.4 Å². The number of carbonyl (C=O) groups excluding carboxylic acids is 2. The predicted molar refractivity (Wildman–Crippen MR) is 86.7 cm³/mol. The van der Waals surface area contributed by atoms with Crippen LogP contribution in [0, 0.1) is 0 Å². The van der Waals surface area contributed by atoms with E-state index < -0.39 is 18.5 Å². The zero-order chi connectivity index (χ0) is 16.9. The van der Waals surface area contributed by atoms with Crippen molar-refractivity contribution in [2.75, 3.05) is 11.9 Å². The van der Waals surface area contributed by atoms with E-state index in [4.69, 9.17) is 20.8 Å². The van der Waals surface area contributed by atoms with E-state index in [0.29, 0.717) is 22.2 Å². The molecule has 0 bridgehead atoms. The number of ether oxygens (including phenoxy) is 1. The van der Waals surface area contributed by atoms with Crippen molar-refractivity contribution in [2.24, 2.45) is 0 Å². The molecule has 7 nitrogen and oxygen atoms in total. The van der Waals surface area contributed by atoms with E-state index in [2.05, 4.69) is 15.5 Å². The lowest BCUT2D eigenvalue weighted by atomic mass is 10.3. The minimum atomic E-state index is -0.688. The summed E-state index contributed by atoms with van der Waals surface area (Å²) in [6, 6.07) is 11.5. The Bertz CT molecular complexity index is 841. The van der Waals surface area contributed by atoms with Crippen LogP contribution in [0.25, 0.3) is 11.5 Å². The predicted octanol–water partition coefficient (Wildman–Crippen LogP) is 3.12. The summed E-state index contributed by atoms with van der Waals surface area (Å²) < 4.78 is 10.1. The second kappa shape index (κ2) is 7.01. The van der Waals surface area contributed by atoms with Gasteiger partial charge in [0.05, 0.1) is 6.26 Å². The van der Waals surface area contributed by atoms with Crippen molar-refractivity contribution < 1.29 is 18.7 Å².